The van der Waals surface area contributed by atoms with Crippen molar-refractivity contribution in [1.29, 1.82) is 0 Å². The molecule has 7 nitrogen and oxygen atoms in total. The number of hydrogen-bond acceptors (Lipinski definition) is 4. The molecule has 3 amide bonds. The van der Waals surface area contributed by atoms with Gasteiger partial charge in [-0.05, 0) is 32.9 Å². The molecule has 2 fully saturated rings. The van der Waals surface area contributed by atoms with Crippen molar-refractivity contribution in [2.24, 2.45) is 0 Å². The monoisotopic (exact) mass is 366 g/mol. The van der Waals surface area contributed by atoms with Gasteiger partial charge in [0, 0.05) is 25.9 Å². The highest BCUT2D eigenvalue weighted by Gasteiger charge is 2.46. The molecule has 2 aliphatic rings. The predicted octanol–water partition coefficient (Wildman–Crippen LogP) is 3.10. The molecular formula is C17H23ClN4O3. The molecule has 25 heavy (non-hydrogen) atoms. The summed E-state index contributed by atoms with van der Waals surface area (Å²) in [5.74, 6) is 0. The lowest BCUT2D eigenvalue weighted by Crippen LogP contribution is -2.59. The number of urea groups is 1. The van der Waals surface area contributed by atoms with Crippen LogP contribution in [-0.2, 0) is 4.74 Å². The molecule has 0 aliphatic carbocycles. The molecule has 1 aromatic carbocycles. The smallest absolute Gasteiger partial charge is 0.410 e. The fourth-order valence-corrected chi connectivity index (χ4v) is 3.21. The van der Waals surface area contributed by atoms with Gasteiger partial charge in [-0.1, -0.05) is 23.7 Å². The second-order valence-electron chi connectivity index (χ2n) is 7.38. The van der Waals surface area contributed by atoms with Crippen LogP contribution >= 0.6 is 11.6 Å². The Labute approximate surface area is 152 Å². The molecule has 0 aromatic heterocycles. The Balaban J connectivity index is 1.65. The molecule has 1 spiro atoms. The van der Waals surface area contributed by atoms with Crippen molar-refractivity contribution in [2.45, 2.75) is 44.9 Å². The van der Waals surface area contributed by atoms with Gasteiger partial charge in [0.05, 0.1) is 10.7 Å². The fourth-order valence-electron chi connectivity index (χ4n) is 2.99. The quantitative estimate of drug-likeness (QED) is 0.801. The van der Waals surface area contributed by atoms with Crippen molar-refractivity contribution in [2.75, 3.05) is 18.1 Å². The summed E-state index contributed by atoms with van der Waals surface area (Å²) in [6, 6.07) is 6.91. The zero-order valence-electron chi connectivity index (χ0n) is 14.6. The van der Waals surface area contributed by atoms with E-state index >= 15 is 0 Å². The van der Waals surface area contributed by atoms with Gasteiger partial charge in [-0.15, -0.1) is 0 Å². The Hall–Kier alpha value is -1.99. The number of ether oxygens (including phenoxy) is 1. The first-order valence-electron chi connectivity index (χ1n) is 8.32. The van der Waals surface area contributed by atoms with Crippen molar-refractivity contribution in [1.82, 2.24) is 15.6 Å². The molecule has 136 valence electrons. The average Bonchev–Trinajstić information content (AvgIpc) is 2.83. The van der Waals surface area contributed by atoms with Gasteiger partial charge in [0.15, 0.2) is 0 Å². The van der Waals surface area contributed by atoms with Crippen LogP contribution in [0.3, 0.4) is 0 Å². The van der Waals surface area contributed by atoms with E-state index in [1.807, 2.05) is 32.9 Å². The highest BCUT2D eigenvalue weighted by Crippen LogP contribution is 2.31. The zero-order chi connectivity index (χ0) is 18.2. The number of carbonyl (C=O) groups excluding carboxylic acids is 2. The van der Waals surface area contributed by atoms with E-state index in [1.54, 1.807) is 17.0 Å². The van der Waals surface area contributed by atoms with E-state index in [4.69, 9.17) is 16.3 Å². The van der Waals surface area contributed by atoms with Crippen LogP contribution < -0.4 is 15.8 Å². The Morgan fingerprint density at radius 3 is 2.48 bits per heavy atom. The lowest BCUT2D eigenvalue weighted by molar-refractivity contribution is 0.0147. The number of piperidine rings is 1. The lowest BCUT2D eigenvalue weighted by atomic mass is 9.98. The lowest BCUT2D eigenvalue weighted by Gasteiger charge is -2.39. The number of hydrazine groups is 1. The van der Waals surface area contributed by atoms with E-state index in [9.17, 15) is 9.59 Å². The molecule has 0 unspecified atom stereocenters. The van der Waals surface area contributed by atoms with Gasteiger partial charge in [-0.25, -0.2) is 20.0 Å². The molecule has 0 radical (unpaired) electrons. The van der Waals surface area contributed by atoms with Crippen molar-refractivity contribution < 1.29 is 14.3 Å². The van der Waals surface area contributed by atoms with E-state index < -0.39 is 11.3 Å². The molecule has 2 saturated heterocycles. The largest absolute Gasteiger partial charge is 0.444 e. The zero-order valence-corrected chi connectivity index (χ0v) is 15.4. The van der Waals surface area contributed by atoms with Gasteiger partial charge in [0.1, 0.15) is 11.3 Å². The molecular weight excluding hydrogens is 344 g/mol. The second-order valence-corrected chi connectivity index (χ2v) is 7.79. The normalized spacial score (nSPS) is 19.9. The number of para-hydroxylation sites is 1. The number of amides is 3. The van der Waals surface area contributed by atoms with Gasteiger partial charge in [0.25, 0.3) is 0 Å². The molecule has 2 aliphatic heterocycles. The van der Waals surface area contributed by atoms with Crippen LogP contribution in [0.25, 0.3) is 0 Å². The summed E-state index contributed by atoms with van der Waals surface area (Å²) in [7, 11) is 0. The van der Waals surface area contributed by atoms with Crippen molar-refractivity contribution in [3.05, 3.63) is 29.3 Å². The maximum atomic E-state index is 12.4. The minimum absolute atomic E-state index is 0.251. The molecule has 1 aromatic rings. The molecule has 2 N–H and O–H groups in total. The maximum Gasteiger partial charge on any atom is 0.410 e. The third-order valence-electron chi connectivity index (χ3n) is 4.24. The van der Waals surface area contributed by atoms with Crippen LogP contribution in [0.4, 0.5) is 15.3 Å². The van der Waals surface area contributed by atoms with Crippen LogP contribution in [-0.4, -0.2) is 41.4 Å². The summed E-state index contributed by atoms with van der Waals surface area (Å²) in [5, 5.41) is 4.92. The first kappa shape index (κ1) is 17.8. The van der Waals surface area contributed by atoms with E-state index in [2.05, 4.69) is 10.7 Å². The SMILES string of the molecule is CC(C)(C)OC(=O)N1CCC2(CC1)NC(=O)N(c1ccccc1Cl)N2. The highest BCUT2D eigenvalue weighted by atomic mass is 35.5. The number of rotatable bonds is 1. The Morgan fingerprint density at radius 1 is 1.24 bits per heavy atom. The van der Waals surface area contributed by atoms with Crippen LogP contribution in [0.2, 0.25) is 5.02 Å². The third kappa shape index (κ3) is 3.82. The topological polar surface area (TPSA) is 73.9 Å². The summed E-state index contributed by atoms with van der Waals surface area (Å²) >= 11 is 6.19. The molecule has 8 heteroatoms. The van der Waals surface area contributed by atoms with E-state index in [0.717, 1.165) is 0 Å². The number of hydrogen-bond donors (Lipinski definition) is 2. The first-order valence-corrected chi connectivity index (χ1v) is 8.69. The Morgan fingerprint density at radius 2 is 1.88 bits per heavy atom. The molecule has 0 bridgehead atoms. The number of likely N-dealkylation sites (tertiary alicyclic amines) is 1. The number of halogens is 1. The van der Waals surface area contributed by atoms with Crippen LogP contribution in [0.15, 0.2) is 24.3 Å². The molecule has 0 saturated carbocycles. The van der Waals surface area contributed by atoms with E-state index in [0.29, 0.717) is 36.6 Å². The minimum Gasteiger partial charge on any atom is -0.444 e. The number of carbonyl (C=O) groups is 2. The van der Waals surface area contributed by atoms with Gasteiger partial charge in [0.2, 0.25) is 0 Å². The summed E-state index contributed by atoms with van der Waals surface area (Å²) < 4.78 is 5.41. The fraction of sp³-hybridized carbons (Fsp3) is 0.529. The van der Waals surface area contributed by atoms with E-state index in [1.165, 1.54) is 5.01 Å². The Bertz CT molecular complexity index is 681. The predicted molar refractivity (Wildman–Crippen MR) is 95.4 cm³/mol. The summed E-state index contributed by atoms with van der Waals surface area (Å²) in [4.78, 5) is 26.2. The number of benzene rings is 1. The Kier molecular flexibility index (Phi) is 4.55. The van der Waals surface area contributed by atoms with Crippen molar-refractivity contribution in [3.63, 3.8) is 0 Å². The van der Waals surface area contributed by atoms with Crippen LogP contribution in [0.5, 0.6) is 0 Å². The molecule has 2 heterocycles. The third-order valence-corrected chi connectivity index (χ3v) is 4.56. The van der Waals surface area contributed by atoms with Crippen LogP contribution in [0.1, 0.15) is 33.6 Å². The van der Waals surface area contributed by atoms with E-state index in [-0.39, 0.29) is 12.1 Å². The summed E-state index contributed by atoms with van der Waals surface area (Å²) in [6.45, 7) is 6.53. The number of anilines is 1. The summed E-state index contributed by atoms with van der Waals surface area (Å²) in [6.07, 6.45) is 0.840. The maximum absolute atomic E-state index is 12.4. The van der Waals surface area contributed by atoms with Crippen LogP contribution in [0, 0.1) is 0 Å². The van der Waals surface area contributed by atoms with Gasteiger partial charge in [-0.3, -0.25) is 0 Å². The van der Waals surface area contributed by atoms with Gasteiger partial charge < -0.3 is 15.0 Å². The number of nitrogens with zero attached hydrogens (tertiary/aromatic N) is 2. The number of nitrogens with one attached hydrogen (secondary N) is 2. The van der Waals surface area contributed by atoms with Crippen molar-refractivity contribution in [3.8, 4) is 0 Å². The second kappa shape index (κ2) is 6.38. The first-order chi connectivity index (χ1) is 11.7. The van der Waals surface area contributed by atoms with Gasteiger partial charge in [-0.2, -0.15) is 0 Å². The average molecular weight is 367 g/mol. The standard InChI is InChI=1S/C17H23ClN4O3/c1-16(2,3)25-15(24)21-10-8-17(9-11-21)19-14(23)22(20-17)13-7-5-4-6-12(13)18/h4-7,20H,8-11H2,1-3H3,(H,19,23). The summed E-state index contributed by atoms with van der Waals surface area (Å²) in [5.41, 5.74) is 2.74. The van der Waals surface area contributed by atoms with Gasteiger partial charge >= 0.3 is 12.1 Å². The van der Waals surface area contributed by atoms with Crippen molar-refractivity contribution >= 4 is 29.4 Å². The molecule has 3 rings (SSSR count). The molecule has 0 atom stereocenters. The highest BCUT2D eigenvalue weighted by molar-refractivity contribution is 6.33. The minimum atomic E-state index is -0.575.